The van der Waals surface area contributed by atoms with Crippen molar-refractivity contribution >= 4 is 21.6 Å². The Balaban J connectivity index is 1.75. The number of nitrogens with zero attached hydrogens (tertiary/aromatic N) is 1. The zero-order chi connectivity index (χ0) is 20.1. The summed E-state index contributed by atoms with van der Waals surface area (Å²) in [4.78, 5) is 12.5. The van der Waals surface area contributed by atoms with Crippen LogP contribution in [0.2, 0.25) is 0 Å². The van der Waals surface area contributed by atoms with E-state index in [-0.39, 0.29) is 25.6 Å². The number of carbonyl (C=O) groups is 1. The van der Waals surface area contributed by atoms with Gasteiger partial charge in [0.15, 0.2) is 11.5 Å². The SMILES string of the molecule is CCS(=O)(=O)N(CC(=O)NCc1ccccc1OC)c1ccc2c(c1)OCO2. The van der Waals surface area contributed by atoms with Crippen molar-refractivity contribution in [3.63, 3.8) is 0 Å². The molecule has 0 unspecified atom stereocenters. The van der Waals surface area contributed by atoms with Crippen molar-refractivity contribution < 1.29 is 27.4 Å². The van der Waals surface area contributed by atoms with E-state index in [0.717, 1.165) is 9.87 Å². The number of anilines is 1. The van der Waals surface area contributed by atoms with E-state index in [1.165, 1.54) is 6.92 Å². The molecule has 0 aromatic heterocycles. The molecule has 0 saturated carbocycles. The maximum atomic E-state index is 12.6. The van der Waals surface area contributed by atoms with E-state index in [9.17, 15) is 13.2 Å². The van der Waals surface area contributed by atoms with Crippen LogP contribution in [0.3, 0.4) is 0 Å². The molecule has 0 radical (unpaired) electrons. The fourth-order valence-corrected chi connectivity index (χ4v) is 3.84. The van der Waals surface area contributed by atoms with Crippen molar-refractivity contribution in [2.24, 2.45) is 0 Å². The van der Waals surface area contributed by atoms with Gasteiger partial charge in [-0.05, 0) is 25.1 Å². The number of amides is 1. The van der Waals surface area contributed by atoms with Crippen molar-refractivity contribution in [2.75, 3.05) is 30.5 Å². The zero-order valence-corrected chi connectivity index (χ0v) is 16.5. The Morgan fingerprint density at radius 2 is 1.93 bits per heavy atom. The fourth-order valence-electron chi connectivity index (χ4n) is 2.78. The molecular formula is C19H22N2O6S. The van der Waals surface area contributed by atoms with Gasteiger partial charge in [-0.3, -0.25) is 9.10 Å². The summed E-state index contributed by atoms with van der Waals surface area (Å²) in [6.07, 6.45) is 0. The molecule has 2 aromatic carbocycles. The number of para-hydroxylation sites is 1. The van der Waals surface area contributed by atoms with Crippen molar-refractivity contribution in [1.82, 2.24) is 5.32 Å². The molecule has 1 N–H and O–H groups in total. The van der Waals surface area contributed by atoms with E-state index in [1.807, 2.05) is 18.2 Å². The molecule has 0 bridgehead atoms. The third kappa shape index (κ3) is 4.30. The van der Waals surface area contributed by atoms with Crippen LogP contribution in [0, 0.1) is 0 Å². The van der Waals surface area contributed by atoms with Crippen LogP contribution in [0.4, 0.5) is 5.69 Å². The molecule has 0 saturated heterocycles. The number of benzene rings is 2. The third-order valence-corrected chi connectivity index (χ3v) is 6.04. The number of hydrogen-bond acceptors (Lipinski definition) is 6. The third-order valence-electron chi connectivity index (χ3n) is 4.30. The first-order chi connectivity index (χ1) is 13.4. The molecule has 1 aliphatic heterocycles. The summed E-state index contributed by atoms with van der Waals surface area (Å²) >= 11 is 0. The molecule has 150 valence electrons. The molecule has 0 spiro atoms. The fraction of sp³-hybridized carbons (Fsp3) is 0.316. The summed E-state index contributed by atoms with van der Waals surface area (Å²) in [7, 11) is -2.12. The number of hydrogen-bond donors (Lipinski definition) is 1. The average Bonchev–Trinajstić information content (AvgIpc) is 3.18. The highest BCUT2D eigenvalue weighted by molar-refractivity contribution is 7.92. The largest absolute Gasteiger partial charge is 0.496 e. The monoisotopic (exact) mass is 406 g/mol. The first kappa shape index (κ1) is 19.8. The van der Waals surface area contributed by atoms with Crippen LogP contribution in [0.5, 0.6) is 17.2 Å². The Morgan fingerprint density at radius 1 is 1.18 bits per heavy atom. The molecule has 3 rings (SSSR count). The Morgan fingerprint density at radius 3 is 2.68 bits per heavy atom. The standard InChI is InChI=1S/C19H22N2O6S/c1-3-28(23,24)21(15-8-9-17-18(10-15)27-13-26-17)12-19(22)20-11-14-6-4-5-7-16(14)25-2/h4-10H,3,11-13H2,1-2H3,(H,20,22). The maximum absolute atomic E-state index is 12.6. The first-order valence-corrected chi connectivity index (χ1v) is 10.3. The highest BCUT2D eigenvalue weighted by Gasteiger charge is 2.25. The van der Waals surface area contributed by atoms with E-state index < -0.39 is 15.9 Å². The highest BCUT2D eigenvalue weighted by Crippen LogP contribution is 2.36. The summed E-state index contributed by atoms with van der Waals surface area (Å²) in [5, 5.41) is 2.74. The predicted octanol–water partition coefficient (Wildman–Crippen LogP) is 1.90. The lowest BCUT2D eigenvalue weighted by atomic mass is 10.2. The second kappa shape index (κ2) is 8.39. The molecule has 28 heavy (non-hydrogen) atoms. The second-order valence-electron chi connectivity index (χ2n) is 6.03. The predicted molar refractivity (Wildman–Crippen MR) is 104 cm³/mol. The molecule has 2 aromatic rings. The number of fused-ring (bicyclic) bond motifs is 1. The number of rotatable bonds is 8. The lowest BCUT2D eigenvalue weighted by Crippen LogP contribution is -2.41. The van der Waals surface area contributed by atoms with E-state index >= 15 is 0 Å². The minimum absolute atomic E-state index is 0.0821. The molecule has 0 aliphatic carbocycles. The van der Waals surface area contributed by atoms with E-state index in [1.54, 1.807) is 31.4 Å². The number of nitrogens with one attached hydrogen (secondary N) is 1. The molecule has 0 fully saturated rings. The normalized spacial score (nSPS) is 12.5. The zero-order valence-electron chi connectivity index (χ0n) is 15.7. The van der Waals surface area contributed by atoms with Gasteiger partial charge in [0.25, 0.3) is 0 Å². The smallest absolute Gasteiger partial charge is 0.241 e. The minimum Gasteiger partial charge on any atom is -0.496 e. The van der Waals surface area contributed by atoms with Gasteiger partial charge in [0.05, 0.1) is 18.6 Å². The summed E-state index contributed by atoms with van der Waals surface area (Å²) in [5.41, 5.74) is 1.14. The van der Waals surface area contributed by atoms with Crippen molar-refractivity contribution in [3.8, 4) is 17.2 Å². The van der Waals surface area contributed by atoms with Gasteiger partial charge in [0, 0.05) is 18.2 Å². The summed E-state index contributed by atoms with van der Waals surface area (Å²) in [6, 6.07) is 12.1. The molecule has 9 heteroatoms. The van der Waals surface area contributed by atoms with Gasteiger partial charge in [-0.15, -0.1) is 0 Å². The van der Waals surface area contributed by atoms with Crippen LogP contribution in [-0.4, -0.2) is 40.5 Å². The van der Waals surface area contributed by atoms with Crippen LogP contribution in [-0.2, 0) is 21.4 Å². The Bertz CT molecular complexity index is 961. The van der Waals surface area contributed by atoms with E-state index in [2.05, 4.69) is 5.32 Å². The van der Waals surface area contributed by atoms with Gasteiger partial charge in [-0.1, -0.05) is 18.2 Å². The lowest BCUT2D eigenvalue weighted by molar-refractivity contribution is -0.119. The van der Waals surface area contributed by atoms with E-state index in [4.69, 9.17) is 14.2 Å². The van der Waals surface area contributed by atoms with Crippen LogP contribution in [0.15, 0.2) is 42.5 Å². The summed E-state index contributed by atoms with van der Waals surface area (Å²) in [6.45, 7) is 1.50. The molecule has 1 aliphatic rings. The molecule has 0 atom stereocenters. The first-order valence-electron chi connectivity index (χ1n) is 8.73. The Labute approximate surface area is 164 Å². The van der Waals surface area contributed by atoms with Crippen LogP contribution < -0.4 is 23.8 Å². The minimum atomic E-state index is -3.67. The van der Waals surface area contributed by atoms with Gasteiger partial charge in [-0.25, -0.2) is 8.42 Å². The van der Waals surface area contributed by atoms with Crippen LogP contribution in [0.1, 0.15) is 12.5 Å². The topological polar surface area (TPSA) is 94.2 Å². The number of ether oxygens (including phenoxy) is 3. The van der Waals surface area contributed by atoms with Gasteiger partial charge in [-0.2, -0.15) is 0 Å². The van der Waals surface area contributed by atoms with E-state index in [0.29, 0.717) is 22.9 Å². The summed E-state index contributed by atoms with van der Waals surface area (Å²) < 4.78 is 42.0. The molecule has 1 heterocycles. The highest BCUT2D eigenvalue weighted by atomic mass is 32.2. The number of sulfonamides is 1. The lowest BCUT2D eigenvalue weighted by Gasteiger charge is -2.23. The molecule has 8 nitrogen and oxygen atoms in total. The number of carbonyl (C=O) groups excluding carboxylic acids is 1. The van der Waals surface area contributed by atoms with Crippen molar-refractivity contribution in [2.45, 2.75) is 13.5 Å². The van der Waals surface area contributed by atoms with Crippen molar-refractivity contribution in [1.29, 1.82) is 0 Å². The quantitative estimate of drug-likeness (QED) is 0.720. The van der Waals surface area contributed by atoms with Crippen molar-refractivity contribution in [3.05, 3.63) is 48.0 Å². The van der Waals surface area contributed by atoms with Crippen LogP contribution >= 0.6 is 0 Å². The van der Waals surface area contributed by atoms with Gasteiger partial charge >= 0.3 is 0 Å². The Kier molecular flexibility index (Phi) is 5.93. The molecule has 1 amide bonds. The average molecular weight is 406 g/mol. The second-order valence-corrected chi connectivity index (χ2v) is 8.22. The number of methoxy groups -OCH3 is 1. The maximum Gasteiger partial charge on any atom is 0.241 e. The van der Waals surface area contributed by atoms with Crippen LogP contribution in [0.25, 0.3) is 0 Å². The van der Waals surface area contributed by atoms with Gasteiger partial charge in [0.2, 0.25) is 22.7 Å². The summed E-state index contributed by atoms with van der Waals surface area (Å²) in [5.74, 6) is 1.07. The van der Waals surface area contributed by atoms with Gasteiger partial charge in [0.1, 0.15) is 12.3 Å². The Hall–Kier alpha value is -2.94. The van der Waals surface area contributed by atoms with Gasteiger partial charge < -0.3 is 19.5 Å². The molecular weight excluding hydrogens is 384 g/mol.